The largest absolute Gasteiger partial charge is 0.468 e. The van der Waals surface area contributed by atoms with Crippen LogP contribution in [0.1, 0.15) is 102 Å². The minimum absolute atomic E-state index is 0.0239. The highest BCUT2D eigenvalue weighted by atomic mass is 16.5. The van der Waals surface area contributed by atoms with Crippen LogP contribution in [0, 0.1) is 20.8 Å². The first-order chi connectivity index (χ1) is 24.4. The van der Waals surface area contributed by atoms with Gasteiger partial charge in [0, 0.05) is 37.7 Å². The average Bonchev–Trinajstić information content (AvgIpc) is 3.61. The topological polar surface area (TPSA) is 48.6 Å². The van der Waals surface area contributed by atoms with Gasteiger partial charge in [0.05, 0.1) is 11.2 Å². The van der Waals surface area contributed by atoms with Gasteiger partial charge in [-0.15, -0.1) is 0 Å². The Labute approximate surface area is 298 Å². The highest BCUT2D eigenvalue weighted by Gasteiger charge is 2.59. The minimum atomic E-state index is -1.75. The fourth-order valence-electron chi connectivity index (χ4n) is 7.60. The first kappa shape index (κ1) is 30.0. The summed E-state index contributed by atoms with van der Waals surface area (Å²) in [5, 5.41) is 2.29. The summed E-state index contributed by atoms with van der Waals surface area (Å²) in [4.78, 5) is 10.1. The van der Waals surface area contributed by atoms with E-state index >= 15 is 0 Å². The molecule has 0 saturated heterocycles. The highest BCUT2D eigenvalue weighted by Crippen LogP contribution is 2.54. The van der Waals surface area contributed by atoms with E-state index in [1.807, 2.05) is 52.1 Å². The number of nitrogens with zero attached hydrogens (tertiary/aromatic N) is 3. The molecule has 0 bridgehead atoms. The number of rotatable bonds is 5. The molecule has 3 heterocycles. The summed E-state index contributed by atoms with van der Waals surface area (Å²) < 4.78 is 34.4. The fraction of sp³-hybridized carbons (Fsp3) is 0.333. The Morgan fingerprint density at radius 2 is 1.68 bits per heavy atom. The van der Waals surface area contributed by atoms with Crippen molar-refractivity contribution in [2.75, 3.05) is 0 Å². The molecule has 0 fully saturated rings. The maximum Gasteiger partial charge on any atom is 0.217 e. The molecule has 2 aliphatic rings. The molecule has 0 spiro atoms. The number of pyridine rings is 1. The molecule has 0 radical (unpaired) electrons. The van der Waals surface area contributed by atoms with Crippen LogP contribution in [0.15, 0.2) is 90.1 Å². The molecule has 0 unspecified atom stereocenters. The van der Waals surface area contributed by atoms with Crippen LogP contribution in [0.25, 0.3) is 27.6 Å². The summed E-state index contributed by atoms with van der Waals surface area (Å²) in [6.45, 7) is 21.0. The van der Waals surface area contributed by atoms with Gasteiger partial charge in [-0.3, -0.25) is 4.57 Å². The molecule has 4 aromatic carbocycles. The number of aryl methyl sites for hydroxylation is 2. The quantitative estimate of drug-likeness (QED) is 0.184. The molecular formula is C45H47N3O2. The Kier molecular flexibility index (Phi) is 6.62. The van der Waals surface area contributed by atoms with Crippen molar-refractivity contribution in [2.45, 2.75) is 98.1 Å². The maximum absolute atomic E-state index is 9.38. The summed E-state index contributed by atoms with van der Waals surface area (Å²) in [6, 6.07) is 27.4. The van der Waals surface area contributed by atoms with Crippen molar-refractivity contribution < 1.29 is 12.2 Å². The Bertz CT molecular complexity index is 2490. The van der Waals surface area contributed by atoms with Crippen molar-refractivity contribution in [2.24, 2.45) is 4.99 Å². The lowest BCUT2D eigenvalue weighted by Gasteiger charge is -2.31. The van der Waals surface area contributed by atoms with E-state index in [0.717, 1.165) is 55.6 Å². The van der Waals surface area contributed by atoms with E-state index in [0.29, 0.717) is 23.0 Å². The number of fused-ring (bicyclic) bond motifs is 6. The van der Waals surface area contributed by atoms with Gasteiger partial charge in [0.2, 0.25) is 5.90 Å². The van der Waals surface area contributed by atoms with Crippen LogP contribution in [-0.4, -0.2) is 21.0 Å². The molecule has 5 nitrogen and oxygen atoms in total. The van der Waals surface area contributed by atoms with Gasteiger partial charge in [-0.1, -0.05) is 52.8 Å². The zero-order chi connectivity index (χ0) is 37.1. The van der Waals surface area contributed by atoms with E-state index < -0.39 is 17.5 Å². The van der Waals surface area contributed by atoms with Gasteiger partial charge in [0.25, 0.3) is 0 Å². The zero-order valence-electron chi connectivity index (χ0n) is 32.8. The van der Waals surface area contributed by atoms with Gasteiger partial charge in [0.1, 0.15) is 28.3 Å². The lowest BCUT2D eigenvalue weighted by molar-refractivity contribution is 0.0475. The van der Waals surface area contributed by atoms with Gasteiger partial charge in [0.15, 0.2) is 0 Å². The Balaban J connectivity index is 1.21. The maximum atomic E-state index is 9.38. The van der Waals surface area contributed by atoms with Crippen LogP contribution in [0.4, 0.5) is 0 Å². The van der Waals surface area contributed by atoms with Crippen molar-refractivity contribution in [3.8, 4) is 17.2 Å². The van der Waals surface area contributed by atoms with Crippen LogP contribution in [0.3, 0.4) is 0 Å². The molecule has 5 heteroatoms. The van der Waals surface area contributed by atoms with Crippen LogP contribution >= 0.6 is 0 Å². The first-order valence-electron chi connectivity index (χ1n) is 18.7. The van der Waals surface area contributed by atoms with Gasteiger partial charge in [-0.25, -0.2) is 9.98 Å². The molecule has 254 valence electrons. The third-order valence-electron chi connectivity index (χ3n) is 10.9. The molecule has 2 aromatic heterocycles. The molecule has 6 aromatic rings. The summed E-state index contributed by atoms with van der Waals surface area (Å²) in [5.74, 6) is 2.02. The number of hydrogen-bond donors (Lipinski definition) is 0. The van der Waals surface area contributed by atoms with Crippen LogP contribution in [0.5, 0.6) is 11.5 Å². The van der Waals surface area contributed by atoms with Gasteiger partial charge in [-0.2, -0.15) is 0 Å². The third-order valence-corrected chi connectivity index (χ3v) is 10.9. The van der Waals surface area contributed by atoms with E-state index in [1.165, 1.54) is 10.9 Å². The van der Waals surface area contributed by atoms with Crippen molar-refractivity contribution in [1.29, 1.82) is 0 Å². The highest BCUT2D eigenvalue weighted by molar-refractivity contribution is 6.08. The van der Waals surface area contributed by atoms with E-state index in [1.54, 1.807) is 0 Å². The molecule has 0 amide bonds. The van der Waals surface area contributed by atoms with E-state index in [-0.39, 0.29) is 11.3 Å². The molecule has 2 atom stereocenters. The first-order valence-corrected chi connectivity index (χ1v) is 17.7. The lowest BCUT2D eigenvalue weighted by Crippen LogP contribution is -2.41. The Morgan fingerprint density at radius 1 is 0.900 bits per heavy atom. The molecule has 1 aliphatic carbocycles. The summed E-state index contributed by atoms with van der Waals surface area (Å²) in [6.07, 6.45) is 0.102. The average molecular weight is 664 g/mol. The number of aromatic nitrogens is 2. The van der Waals surface area contributed by atoms with Crippen LogP contribution < -0.4 is 4.74 Å². The fourth-order valence-corrected chi connectivity index (χ4v) is 7.60. The lowest BCUT2D eigenvalue weighted by atomic mass is 9.84. The second-order valence-electron chi connectivity index (χ2n) is 15.9. The van der Waals surface area contributed by atoms with Crippen molar-refractivity contribution in [3.05, 3.63) is 130 Å². The standard InChI is InChI=1S/C45H47N3O2/c1-26(2)30-20-31(42-47-45(10)39-15-13-28(4)29(5)38(39)25-44(45,9)50-42)22-35(21-30)49-34-19-27(3)18-33(24-34)48-40-16-14-32(43(6,7)8)23-37(40)36-12-11-17-46-41(36)48/h11-24,26H,25H2,1-10H3/t44-,45+/m0/s1/i25D2. The summed E-state index contributed by atoms with van der Waals surface area (Å²) >= 11 is 0. The molecule has 50 heavy (non-hydrogen) atoms. The summed E-state index contributed by atoms with van der Waals surface area (Å²) in [7, 11) is 0. The van der Waals surface area contributed by atoms with E-state index in [4.69, 9.17) is 19.5 Å². The molecule has 1 aliphatic heterocycles. The van der Waals surface area contributed by atoms with E-state index in [9.17, 15) is 2.74 Å². The van der Waals surface area contributed by atoms with E-state index in [2.05, 4.69) is 107 Å². The number of hydrogen-bond acceptors (Lipinski definition) is 4. The van der Waals surface area contributed by atoms with Crippen LogP contribution in [0.2, 0.25) is 0 Å². The third kappa shape index (κ3) is 4.96. The Morgan fingerprint density at radius 3 is 2.44 bits per heavy atom. The monoisotopic (exact) mass is 663 g/mol. The number of aliphatic imine (C=N–C) groups is 1. The second kappa shape index (κ2) is 11.1. The zero-order valence-corrected chi connectivity index (χ0v) is 30.8. The normalized spacial score (nSPS) is 21.5. The number of ether oxygens (including phenoxy) is 2. The van der Waals surface area contributed by atoms with Gasteiger partial charge < -0.3 is 9.47 Å². The smallest absolute Gasteiger partial charge is 0.217 e. The van der Waals surface area contributed by atoms with Crippen molar-refractivity contribution >= 4 is 27.8 Å². The predicted molar refractivity (Wildman–Crippen MR) is 206 cm³/mol. The minimum Gasteiger partial charge on any atom is -0.468 e. The van der Waals surface area contributed by atoms with Gasteiger partial charge >= 0.3 is 0 Å². The molecular weight excluding hydrogens is 615 g/mol. The van der Waals surface area contributed by atoms with Crippen molar-refractivity contribution in [3.63, 3.8) is 0 Å². The van der Waals surface area contributed by atoms with Crippen LogP contribution in [-0.2, 0) is 22.1 Å². The second-order valence-corrected chi connectivity index (χ2v) is 15.9. The molecule has 8 rings (SSSR count). The molecule has 0 saturated carbocycles. The number of benzene rings is 4. The SMILES string of the molecule is [2H]C1([2H])c2c(ccc(C)c2C)[C@@]2(C)N=C(c3cc(Oc4cc(C)cc(-n5c6ccc(C(C)(C)C)cc6c6cccnc65)c4)cc(C(C)C)c3)O[C@@]12C. The molecule has 0 N–H and O–H groups in total. The summed E-state index contributed by atoms with van der Waals surface area (Å²) in [5.41, 5.74) is 8.68. The Hall–Kier alpha value is -4.90. The predicted octanol–water partition coefficient (Wildman–Crippen LogP) is 11.3. The van der Waals surface area contributed by atoms with Gasteiger partial charge in [-0.05, 0) is 139 Å². The van der Waals surface area contributed by atoms with Crippen molar-refractivity contribution in [1.82, 2.24) is 9.55 Å².